The predicted molar refractivity (Wildman–Crippen MR) is 59.9 cm³/mol. The Morgan fingerprint density at radius 3 is 2.27 bits per heavy atom. The van der Waals surface area contributed by atoms with Gasteiger partial charge in [0.05, 0.1) is 0 Å². The van der Waals surface area contributed by atoms with Crippen molar-refractivity contribution in [2.75, 3.05) is 0 Å². The highest BCUT2D eigenvalue weighted by Crippen LogP contribution is 2.38. The molecule has 0 radical (unpaired) electrons. The van der Waals surface area contributed by atoms with Crippen LogP contribution in [-0.4, -0.2) is 27.8 Å². The van der Waals surface area contributed by atoms with Crippen molar-refractivity contribution < 1.29 is 14.7 Å². The maximum Gasteiger partial charge on any atom is 0.327 e. The van der Waals surface area contributed by atoms with Crippen molar-refractivity contribution in [1.29, 1.82) is 0 Å². The van der Waals surface area contributed by atoms with Crippen molar-refractivity contribution in [2.45, 2.75) is 38.0 Å². The predicted octanol–water partition coefficient (Wildman–Crippen LogP) is 0.920. The van der Waals surface area contributed by atoms with Gasteiger partial charge in [0.2, 0.25) is 5.91 Å². The molecule has 0 aliphatic heterocycles. The summed E-state index contributed by atoms with van der Waals surface area (Å²) in [6, 6.07) is -0.943. The summed E-state index contributed by atoms with van der Waals surface area (Å²) in [6.07, 6.45) is 0.852. The third-order valence-corrected chi connectivity index (χ3v) is 2.94. The van der Waals surface area contributed by atoms with Gasteiger partial charge >= 0.3 is 5.97 Å². The number of hydrogen-bond donors (Lipinski definition) is 3. The average molecular weight is 231 g/mol. The molecule has 86 valence electrons. The third-order valence-electron chi connectivity index (χ3n) is 2.69. The monoisotopic (exact) mass is 231 g/mol. The highest BCUT2D eigenvalue weighted by atomic mass is 32.1. The minimum absolute atomic E-state index is 0.0115. The van der Waals surface area contributed by atoms with Crippen LogP contribution in [0.3, 0.4) is 0 Å². The lowest BCUT2D eigenvalue weighted by Crippen LogP contribution is -2.52. The second kappa shape index (κ2) is 4.04. The average Bonchev–Trinajstić information content (AvgIpc) is 2.75. The van der Waals surface area contributed by atoms with Crippen LogP contribution in [-0.2, 0) is 9.59 Å². The summed E-state index contributed by atoms with van der Waals surface area (Å²) in [6.45, 7) is 5.32. The molecule has 0 aromatic heterocycles. The van der Waals surface area contributed by atoms with Crippen molar-refractivity contribution in [1.82, 2.24) is 5.32 Å². The number of nitrogens with one attached hydrogen (secondary N) is 1. The Balaban J connectivity index is 2.60. The van der Waals surface area contributed by atoms with Gasteiger partial charge in [0.25, 0.3) is 0 Å². The van der Waals surface area contributed by atoms with Gasteiger partial charge in [0, 0.05) is 10.7 Å². The van der Waals surface area contributed by atoms with Crippen LogP contribution >= 0.6 is 12.6 Å². The van der Waals surface area contributed by atoms with Crippen LogP contribution in [0.4, 0.5) is 0 Å². The van der Waals surface area contributed by atoms with Crippen molar-refractivity contribution in [3.05, 3.63) is 0 Å². The first-order valence-electron chi connectivity index (χ1n) is 4.99. The molecular weight excluding hydrogens is 214 g/mol. The molecule has 0 heterocycles. The zero-order valence-corrected chi connectivity index (χ0v) is 10.0. The Morgan fingerprint density at radius 2 is 2.00 bits per heavy atom. The highest BCUT2D eigenvalue weighted by Gasteiger charge is 2.42. The standard InChI is InChI=1S/C10H17NO3S/c1-5-4-6(5)8(12)11-7(9(13)14)10(2,3)15/h5-7,15H,4H2,1-3H3,(H,11,12)(H,13,14). The molecule has 0 aromatic carbocycles. The largest absolute Gasteiger partial charge is 0.480 e. The molecule has 15 heavy (non-hydrogen) atoms. The maximum absolute atomic E-state index is 11.6. The Labute approximate surface area is 94.8 Å². The zero-order chi connectivity index (χ0) is 11.8. The molecule has 1 aliphatic carbocycles. The van der Waals surface area contributed by atoms with Gasteiger partial charge in [-0.1, -0.05) is 6.92 Å². The number of aliphatic carboxylic acids is 1. The molecule has 1 saturated carbocycles. The van der Waals surface area contributed by atoms with E-state index < -0.39 is 16.8 Å². The van der Waals surface area contributed by atoms with Crippen molar-refractivity contribution in [2.24, 2.45) is 11.8 Å². The number of rotatable bonds is 4. The number of thiol groups is 1. The van der Waals surface area contributed by atoms with E-state index in [1.807, 2.05) is 6.92 Å². The van der Waals surface area contributed by atoms with Crippen LogP contribution < -0.4 is 5.32 Å². The number of carboxylic acids is 1. The number of carbonyl (C=O) groups is 2. The normalized spacial score (nSPS) is 26.9. The van der Waals surface area contributed by atoms with Crippen LogP contribution in [0.5, 0.6) is 0 Å². The molecule has 0 bridgehead atoms. The highest BCUT2D eigenvalue weighted by molar-refractivity contribution is 7.81. The molecule has 0 aromatic rings. The van der Waals surface area contributed by atoms with Gasteiger partial charge in [-0.3, -0.25) is 4.79 Å². The summed E-state index contributed by atoms with van der Waals surface area (Å²) in [5.74, 6) is -0.848. The van der Waals surface area contributed by atoms with E-state index in [-0.39, 0.29) is 11.8 Å². The van der Waals surface area contributed by atoms with E-state index in [2.05, 4.69) is 17.9 Å². The fourth-order valence-electron chi connectivity index (χ4n) is 1.48. The summed E-state index contributed by atoms with van der Waals surface area (Å²) < 4.78 is -0.764. The van der Waals surface area contributed by atoms with E-state index in [4.69, 9.17) is 5.11 Å². The number of carbonyl (C=O) groups excluding carboxylic acids is 1. The lowest BCUT2D eigenvalue weighted by atomic mass is 10.0. The fraction of sp³-hybridized carbons (Fsp3) is 0.800. The molecule has 1 aliphatic rings. The maximum atomic E-state index is 11.6. The van der Waals surface area contributed by atoms with Gasteiger partial charge in [-0.15, -0.1) is 0 Å². The molecule has 3 unspecified atom stereocenters. The topological polar surface area (TPSA) is 66.4 Å². The summed E-state index contributed by atoms with van der Waals surface area (Å²) in [5, 5.41) is 11.5. The second-order valence-corrected chi connectivity index (χ2v) is 5.91. The van der Waals surface area contributed by atoms with E-state index in [1.165, 1.54) is 0 Å². The summed E-state index contributed by atoms with van der Waals surface area (Å²) >= 11 is 4.18. The molecule has 0 saturated heterocycles. The fourth-order valence-corrected chi connectivity index (χ4v) is 1.65. The van der Waals surface area contributed by atoms with Gasteiger partial charge in [0.15, 0.2) is 0 Å². The molecule has 1 amide bonds. The molecule has 4 nitrogen and oxygen atoms in total. The minimum atomic E-state index is -1.04. The molecule has 0 spiro atoms. The third kappa shape index (κ3) is 3.12. The van der Waals surface area contributed by atoms with Gasteiger partial charge in [-0.05, 0) is 26.2 Å². The van der Waals surface area contributed by atoms with E-state index >= 15 is 0 Å². The number of amides is 1. The van der Waals surface area contributed by atoms with Crippen LogP contribution in [0, 0.1) is 11.8 Å². The Morgan fingerprint density at radius 1 is 1.53 bits per heavy atom. The first-order chi connectivity index (χ1) is 6.73. The molecule has 5 heteroatoms. The van der Waals surface area contributed by atoms with Crippen LogP contribution in [0.2, 0.25) is 0 Å². The number of carboxylic acid groups (broad SMARTS) is 1. The van der Waals surface area contributed by atoms with Crippen LogP contribution in [0.15, 0.2) is 0 Å². The van der Waals surface area contributed by atoms with Crippen LogP contribution in [0.25, 0.3) is 0 Å². The van der Waals surface area contributed by atoms with E-state index in [0.717, 1.165) is 6.42 Å². The summed E-state index contributed by atoms with van der Waals surface area (Å²) in [4.78, 5) is 22.5. The van der Waals surface area contributed by atoms with Gasteiger partial charge in [-0.2, -0.15) is 12.6 Å². The van der Waals surface area contributed by atoms with Crippen molar-refractivity contribution in [3.63, 3.8) is 0 Å². The second-order valence-electron chi connectivity index (χ2n) is 4.75. The Bertz CT molecular complexity index is 285. The van der Waals surface area contributed by atoms with Crippen LogP contribution in [0.1, 0.15) is 27.2 Å². The number of hydrogen-bond acceptors (Lipinski definition) is 3. The minimum Gasteiger partial charge on any atom is -0.480 e. The summed E-state index contributed by atoms with van der Waals surface area (Å²) in [5.41, 5.74) is 0. The van der Waals surface area contributed by atoms with E-state index in [0.29, 0.717) is 5.92 Å². The lowest BCUT2D eigenvalue weighted by molar-refractivity contribution is -0.142. The SMILES string of the molecule is CC1CC1C(=O)NC(C(=O)O)C(C)(C)S. The first kappa shape index (κ1) is 12.4. The van der Waals surface area contributed by atoms with Gasteiger partial charge in [-0.25, -0.2) is 4.79 Å². The van der Waals surface area contributed by atoms with Crippen molar-refractivity contribution >= 4 is 24.5 Å². The first-order valence-corrected chi connectivity index (χ1v) is 5.43. The Hall–Kier alpha value is -0.710. The quantitative estimate of drug-likeness (QED) is 0.630. The van der Waals surface area contributed by atoms with Gasteiger partial charge < -0.3 is 10.4 Å². The molecule has 2 N–H and O–H groups in total. The van der Waals surface area contributed by atoms with E-state index in [9.17, 15) is 9.59 Å². The Kier molecular flexibility index (Phi) is 3.33. The smallest absolute Gasteiger partial charge is 0.327 e. The van der Waals surface area contributed by atoms with Gasteiger partial charge in [0.1, 0.15) is 6.04 Å². The zero-order valence-electron chi connectivity index (χ0n) is 9.15. The molecule has 1 rings (SSSR count). The summed E-state index contributed by atoms with van der Waals surface area (Å²) in [7, 11) is 0. The lowest BCUT2D eigenvalue weighted by Gasteiger charge is -2.26. The molecule has 3 atom stereocenters. The van der Waals surface area contributed by atoms with Crippen molar-refractivity contribution in [3.8, 4) is 0 Å². The molecular formula is C10H17NO3S. The van der Waals surface area contributed by atoms with E-state index in [1.54, 1.807) is 13.8 Å². The molecule has 1 fully saturated rings.